The zero-order valence-corrected chi connectivity index (χ0v) is 30.4. The number of alkyl carbamates (subject to hydrolysis) is 2. The first-order chi connectivity index (χ1) is 24.6. The van der Waals surface area contributed by atoms with Gasteiger partial charge in [-0.25, -0.2) is 14.2 Å². The molecule has 1 fully saturated rings. The molecular formula is C37H43N2O12P. The van der Waals surface area contributed by atoms with Crippen molar-refractivity contribution in [3.8, 4) is 16.9 Å². The summed E-state index contributed by atoms with van der Waals surface area (Å²) in [6.07, 6.45) is -4.27. The van der Waals surface area contributed by atoms with E-state index in [1.165, 1.54) is 18.8 Å². The summed E-state index contributed by atoms with van der Waals surface area (Å²) in [4.78, 5) is 48.2. The van der Waals surface area contributed by atoms with Crippen LogP contribution in [0.3, 0.4) is 0 Å². The van der Waals surface area contributed by atoms with Crippen molar-refractivity contribution in [3.63, 3.8) is 0 Å². The molecule has 5 rings (SSSR count). The minimum Gasteiger partial charge on any atom is -0.480 e. The van der Waals surface area contributed by atoms with E-state index in [0.29, 0.717) is 5.56 Å². The Labute approximate surface area is 301 Å². The fourth-order valence-electron chi connectivity index (χ4n) is 5.98. The summed E-state index contributed by atoms with van der Waals surface area (Å²) in [6.45, 7) is 7.22. The Morgan fingerprint density at radius 3 is 2.06 bits per heavy atom. The summed E-state index contributed by atoms with van der Waals surface area (Å²) in [5.41, 5.74) is 4.06. The van der Waals surface area contributed by atoms with Crippen LogP contribution >= 0.6 is 7.60 Å². The van der Waals surface area contributed by atoms with Gasteiger partial charge < -0.3 is 39.2 Å². The molecule has 5 atom stereocenters. The number of esters is 1. The molecule has 3 N–H and O–H groups in total. The molecule has 0 radical (unpaired) electrons. The summed E-state index contributed by atoms with van der Waals surface area (Å²) in [7, 11) is -3.92. The molecule has 3 aromatic carbocycles. The maximum Gasteiger partial charge on any atom is 0.407 e. The smallest absolute Gasteiger partial charge is 0.407 e. The molecule has 3 unspecified atom stereocenters. The number of carbonyl (C=O) groups excluding carboxylic acids is 3. The number of rotatable bonds is 13. The number of amides is 2. The van der Waals surface area contributed by atoms with E-state index in [2.05, 4.69) is 10.6 Å². The molecule has 1 aliphatic heterocycles. The first kappa shape index (κ1) is 38.3. The molecular weight excluding hydrogens is 695 g/mol. The van der Waals surface area contributed by atoms with Gasteiger partial charge in [-0.3, -0.25) is 14.1 Å². The first-order valence-corrected chi connectivity index (χ1v) is 18.7. The Morgan fingerprint density at radius 2 is 1.46 bits per heavy atom. The highest BCUT2D eigenvalue weighted by molar-refractivity contribution is 7.53. The highest BCUT2D eigenvalue weighted by Crippen LogP contribution is 2.48. The van der Waals surface area contributed by atoms with Crippen molar-refractivity contribution in [3.05, 3.63) is 89.5 Å². The minimum atomic E-state index is -3.92. The summed E-state index contributed by atoms with van der Waals surface area (Å²) in [5, 5.41) is 13.6. The quantitative estimate of drug-likeness (QED) is 0.108. The highest BCUT2D eigenvalue weighted by Gasteiger charge is 2.48. The van der Waals surface area contributed by atoms with Gasteiger partial charge in [-0.1, -0.05) is 60.7 Å². The lowest BCUT2D eigenvalue weighted by Gasteiger charge is -2.28. The molecule has 15 heteroatoms. The minimum absolute atomic E-state index is 0.0728. The van der Waals surface area contributed by atoms with E-state index in [4.69, 9.17) is 33.1 Å². The number of nitrogens with one attached hydrogen (secondary N) is 2. The number of aliphatic carboxylic acids is 1. The van der Waals surface area contributed by atoms with E-state index in [0.717, 1.165) is 22.3 Å². The van der Waals surface area contributed by atoms with Crippen LogP contribution in [-0.2, 0) is 44.2 Å². The highest BCUT2D eigenvalue weighted by atomic mass is 31.2. The number of hydrogen-bond acceptors (Lipinski definition) is 11. The third-order valence-electron chi connectivity index (χ3n) is 8.50. The Balaban J connectivity index is 1.25. The van der Waals surface area contributed by atoms with Crippen molar-refractivity contribution in [2.24, 2.45) is 5.41 Å². The molecule has 0 saturated carbocycles. The maximum absolute atomic E-state index is 13.8. The van der Waals surface area contributed by atoms with Gasteiger partial charge >= 0.3 is 31.7 Å². The Hall–Kier alpha value is -4.91. The van der Waals surface area contributed by atoms with E-state index >= 15 is 0 Å². The molecule has 2 amide bonds. The van der Waals surface area contributed by atoms with Crippen LogP contribution in [0.1, 0.15) is 50.3 Å². The van der Waals surface area contributed by atoms with Crippen molar-refractivity contribution in [1.82, 2.24) is 10.6 Å². The van der Waals surface area contributed by atoms with Crippen LogP contribution in [0.15, 0.2) is 72.8 Å². The summed E-state index contributed by atoms with van der Waals surface area (Å²) in [5.74, 6) is -1.67. The van der Waals surface area contributed by atoms with Crippen molar-refractivity contribution >= 4 is 31.7 Å². The molecule has 278 valence electrons. The second kappa shape index (κ2) is 16.2. The van der Waals surface area contributed by atoms with E-state index in [1.54, 1.807) is 39.8 Å². The maximum atomic E-state index is 13.8. The standard InChI is InChI=1S/C37H43N2O12P/c1-22-32(39-36(44)48-20-29-27-12-8-6-10-25(27)26-11-7-9-13-28(26)29)33(30(49-22)21-46-34(42)37(2,3)4)51-52(5,45)50-24-16-14-23(15-17-24)19-47-35(43)38-18-31(40)41/h6-17,22,29-30,32-33H,18-21H2,1-5H3,(H,38,43)(H,39,44)(H,40,41)/t22-,30+,32?,33?,52?/m0/s1. The average molecular weight is 739 g/mol. The van der Waals surface area contributed by atoms with E-state index < -0.39 is 68.0 Å². The molecule has 1 saturated heterocycles. The van der Waals surface area contributed by atoms with Gasteiger partial charge in [0.25, 0.3) is 0 Å². The Kier molecular flexibility index (Phi) is 11.9. The molecule has 1 aliphatic carbocycles. The Bertz CT molecular complexity index is 1780. The lowest BCUT2D eigenvalue weighted by molar-refractivity contribution is -0.158. The van der Waals surface area contributed by atoms with Crippen molar-refractivity contribution in [1.29, 1.82) is 0 Å². The number of hydrogen-bond donors (Lipinski definition) is 3. The molecule has 52 heavy (non-hydrogen) atoms. The second-order valence-corrected chi connectivity index (χ2v) is 15.6. The third kappa shape index (κ3) is 9.69. The number of fused-ring (bicyclic) bond motifs is 3. The summed E-state index contributed by atoms with van der Waals surface area (Å²) < 4.78 is 48.0. The SMILES string of the molecule is C[C@@H]1O[C@H](COC(=O)C(C)(C)C)C(OP(C)(=O)Oc2ccc(COC(=O)NCC(=O)O)cc2)C1NC(=O)OCC1c2ccccc2-c2ccccc21. The van der Waals surface area contributed by atoms with Gasteiger partial charge in [0.05, 0.1) is 17.6 Å². The second-order valence-electron chi connectivity index (χ2n) is 13.6. The summed E-state index contributed by atoms with van der Waals surface area (Å²) >= 11 is 0. The molecule has 1 heterocycles. The van der Waals surface area contributed by atoms with Crippen LogP contribution in [0.5, 0.6) is 5.75 Å². The lowest BCUT2D eigenvalue weighted by atomic mass is 9.97. The fraction of sp³-hybridized carbons (Fsp3) is 0.405. The lowest BCUT2D eigenvalue weighted by Crippen LogP contribution is -2.49. The van der Waals surface area contributed by atoms with Gasteiger partial charge in [-0.15, -0.1) is 0 Å². The van der Waals surface area contributed by atoms with Crippen LogP contribution in [0.2, 0.25) is 0 Å². The molecule has 2 aliphatic rings. The van der Waals surface area contributed by atoms with Crippen molar-refractivity contribution < 1.29 is 56.8 Å². The number of carboxylic acid groups (broad SMARTS) is 1. The predicted octanol–water partition coefficient (Wildman–Crippen LogP) is 5.87. The van der Waals surface area contributed by atoms with E-state index in [9.17, 15) is 23.7 Å². The zero-order valence-electron chi connectivity index (χ0n) is 29.5. The topological polar surface area (TPSA) is 185 Å². The van der Waals surface area contributed by atoms with Crippen LogP contribution in [0.4, 0.5) is 9.59 Å². The van der Waals surface area contributed by atoms with Crippen molar-refractivity contribution in [2.75, 3.05) is 26.4 Å². The van der Waals surface area contributed by atoms with Gasteiger partial charge in [0.15, 0.2) is 0 Å². The molecule has 0 aromatic heterocycles. The van der Waals surface area contributed by atoms with Crippen LogP contribution in [-0.4, -0.2) is 80.0 Å². The predicted molar refractivity (Wildman–Crippen MR) is 188 cm³/mol. The zero-order chi connectivity index (χ0) is 37.6. The number of ether oxygens (including phenoxy) is 4. The van der Waals surface area contributed by atoms with E-state index in [-0.39, 0.29) is 31.5 Å². The van der Waals surface area contributed by atoms with Crippen molar-refractivity contribution in [2.45, 2.75) is 64.6 Å². The number of benzene rings is 3. The molecule has 0 bridgehead atoms. The van der Waals surface area contributed by atoms with Gasteiger partial charge in [0.1, 0.15) is 44.3 Å². The molecule has 14 nitrogen and oxygen atoms in total. The first-order valence-electron chi connectivity index (χ1n) is 16.7. The monoisotopic (exact) mass is 738 g/mol. The van der Waals surface area contributed by atoms with Gasteiger partial charge in [0.2, 0.25) is 0 Å². The van der Waals surface area contributed by atoms with Crippen LogP contribution in [0.25, 0.3) is 11.1 Å². The number of carbonyl (C=O) groups is 4. The molecule has 3 aromatic rings. The Morgan fingerprint density at radius 1 is 0.846 bits per heavy atom. The molecule has 0 spiro atoms. The average Bonchev–Trinajstić information content (AvgIpc) is 3.56. The van der Waals surface area contributed by atoms with E-state index in [1.807, 2.05) is 48.5 Å². The van der Waals surface area contributed by atoms with Gasteiger partial charge in [-0.2, -0.15) is 0 Å². The summed E-state index contributed by atoms with van der Waals surface area (Å²) in [6, 6.07) is 21.2. The van der Waals surface area contributed by atoms with Gasteiger partial charge in [0, 0.05) is 12.6 Å². The third-order valence-corrected chi connectivity index (χ3v) is 9.67. The number of carboxylic acids is 1. The van der Waals surface area contributed by atoms with Crippen LogP contribution < -0.4 is 15.2 Å². The fourth-order valence-corrected chi connectivity index (χ4v) is 7.24. The largest absolute Gasteiger partial charge is 0.480 e. The van der Waals surface area contributed by atoms with Gasteiger partial charge in [-0.05, 0) is 67.6 Å². The van der Waals surface area contributed by atoms with Crippen LogP contribution in [0, 0.1) is 5.41 Å². The normalized spacial score (nSPS) is 20.5.